The number of hydrogen-bond acceptors (Lipinski definition) is 2. The zero-order valence-electron chi connectivity index (χ0n) is 14.1. The number of carbonyl (C=O) groups excluding carboxylic acids is 1. The molecule has 3 aliphatic rings. The molecule has 6 unspecified atom stereocenters. The van der Waals surface area contributed by atoms with Gasteiger partial charge in [-0.05, 0) is 74.0 Å². The maximum Gasteiger partial charge on any atom is 0.223 e. The van der Waals surface area contributed by atoms with E-state index in [1.165, 1.54) is 31.2 Å². The van der Waals surface area contributed by atoms with Crippen LogP contribution >= 0.6 is 0 Å². The molecule has 0 aliphatic heterocycles. The first kappa shape index (κ1) is 15.0. The molecule has 3 nitrogen and oxygen atoms in total. The summed E-state index contributed by atoms with van der Waals surface area (Å²) in [6, 6.07) is 8.50. The first-order valence-electron chi connectivity index (χ1n) is 9.10. The first-order chi connectivity index (χ1) is 11.2. The highest BCUT2D eigenvalue weighted by Crippen LogP contribution is 2.50. The number of methoxy groups -OCH3 is 1. The van der Waals surface area contributed by atoms with Gasteiger partial charge in [-0.3, -0.25) is 4.79 Å². The Hall–Kier alpha value is -1.51. The van der Waals surface area contributed by atoms with Crippen molar-refractivity contribution in [1.29, 1.82) is 0 Å². The Morgan fingerprint density at radius 2 is 1.96 bits per heavy atom. The third-order valence-electron chi connectivity index (χ3n) is 6.48. The molecule has 1 N–H and O–H groups in total. The molecule has 0 radical (unpaired) electrons. The van der Waals surface area contributed by atoms with E-state index in [1.54, 1.807) is 7.11 Å². The molecule has 0 saturated heterocycles. The molecule has 1 aromatic rings. The van der Waals surface area contributed by atoms with Crippen LogP contribution < -0.4 is 10.1 Å². The highest BCUT2D eigenvalue weighted by Gasteiger charge is 2.46. The van der Waals surface area contributed by atoms with E-state index in [1.807, 2.05) is 12.1 Å². The summed E-state index contributed by atoms with van der Waals surface area (Å²) in [5.41, 5.74) is 1.26. The third-order valence-corrected chi connectivity index (χ3v) is 6.48. The second-order valence-electron chi connectivity index (χ2n) is 7.86. The third kappa shape index (κ3) is 2.86. The van der Waals surface area contributed by atoms with E-state index in [-0.39, 0.29) is 11.8 Å². The average molecular weight is 313 g/mol. The van der Waals surface area contributed by atoms with Gasteiger partial charge in [0.15, 0.2) is 0 Å². The van der Waals surface area contributed by atoms with Gasteiger partial charge in [-0.2, -0.15) is 0 Å². The van der Waals surface area contributed by atoms with Crippen LogP contribution in [0.4, 0.5) is 0 Å². The summed E-state index contributed by atoms with van der Waals surface area (Å²) in [6.45, 7) is 2.22. The topological polar surface area (TPSA) is 38.3 Å². The van der Waals surface area contributed by atoms with Gasteiger partial charge in [0, 0.05) is 12.0 Å². The number of ether oxygens (including phenoxy) is 1. The number of amides is 1. The van der Waals surface area contributed by atoms with Crippen LogP contribution in [-0.2, 0) is 4.79 Å². The van der Waals surface area contributed by atoms with Gasteiger partial charge in [-0.25, -0.2) is 0 Å². The predicted octanol–water partition coefficient (Wildman–Crippen LogP) is 3.74. The molecule has 4 rings (SSSR count). The lowest BCUT2D eigenvalue weighted by molar-refractivity contribution is -0.123. The first-order valence-corrected chi connectivity index (χ1v) is 9.10. The van der Waals surface area contributed by atoms with Gasteiger partial charge in [0.05, 0.1) is 7.11 Å². The molecular formula is C20H27NO2. The minimum atomic E-state index is 0.171. The van der Waals surface area contributed by atoms with E-state index in [0.29, 0.717) is 12.0 Å². The van der Waals surface area contributed by atoms with Gasteiger partial charge < -0.3 is 10.1 Å². The number of carbonyl (C=O) groups is 1. The zero-order chi connectivity index (χ0) is 16.0. The fourth-order valence-electron chi connectivity index (χ4n) is 5.05. The van der Waals surface area contributed by atoms with Gasteiger partial charge in [-0.1, -0.05) is 18.6 Å². The summed E-state index contributed by atoms with van der Waals surface area (Å²) >= 11 is 0. The van der Waals surface area contributed by atoms with Crippen LogP contribution in [0.25, 0.3) is 0 Å². The van der Waals surface area contributed by atoms with Crippen molar-refractivity contribution in [1.82, 2.24) is 5.32 Å². The van der Waals surface area contributed by atoms with Gasteiger partial charge in [-0.15, -0.1) is 0 Å². The van der Waals surface area contributed by atoms with Crippen LogP contribution in [-0.4, -0.2) is 19.1 Å². The van der Waals surface area contributed by atoms with Crippen LogP contribution in [0.2, 0.25) is 0 Å². The van der Waals surface area contributed by atoms with Crippen molar-refractivity contribution in [3.05, 3.63) is 29.8 Å². The summed E-state index contributed by atoms with van der Waals surface area (Å²) in [7, 11) is 1.68. The molecule has 3 fully saturated rings. The summed E-state index contributed by atoms with van der Waals surface area (Å²) in [4.78, 5) is 12.5. The summed E-state index contributed by atoms with van der Waals surface area (Å²) in [5, 5.41) is 3.33. The Balaban J connectivity index is 1.32. The van der Waals surface area contributed by atoms with Crippen molar-refractivity contribution in [3.63, 3.8) is 0 Å². The minimum absolute atomic E-state index is 0.171. The van der Waals surface area contributed by atoms with Crippen molar-refractivity contribution < 1.29 is 9.53 Å². The number of fused-ring (bicyclic) bond motifs is 2. The summed E-state index contributed by atoms with van der Waals surface area (Å²) in [6.07, 6.45) is 6.53. The second-order valence-corrected chi connectivity index (χ2v) is 7.86. The maximum absolute atomic E-state index is 12.5. The Morgan fingerprint density at radius 3 is 2.57 bits per heavy atom. The quantitative estimate of drug-likeness (QED) is 0.899. The minimum Gasteiger partial charge on any atom is -0.497 e. The fourth-order valence-corrected chi connectivity index (χ4v) is 5.05. The highest BCUT2D eigenvalue weighted by molar-refractivity contribution is 5.83. The maximum atomic E-state index is 12.5. The lowest BCUT2D eigenvalue weighted by Crippen LogP contribution is -2.41. The molecule has 1 aromatic carbocycles. The molecule has 3 heteroatoms. The molecule has 3 aliphatic carbocycles. The average Bonchev–Trinajstić information content (AvgIpc) is 3.09. The number of benzene rings is 1. The molecule has 0 heterocycles. The second kappa shape index (κ2) is 5.85. The van der Waals surface area contributed by atoms with Crippen LogP contribution in [0.5, 0.6) is 5.75 Å². The van der Waals surface area contributed by atoms with Gasteiger partial charge in [0.2, 0.25) is 5.91 Å². The van der Waals surface area contributed by atoms with E-state index < -0.39 is 0 Å². The number of nitrogens with one attached hydrogen (secondary N) is 1. The van der Waals surface area contributed by atoms with E-state index in [9.17, 15) is 4.79 Å². The standard InChI is InChI=1S/C20H27NO2/c1-12(17-10-13-3-4-15(17)9-13)21-20(22)19-11-18(19)14-5-7-16(23-2)8-6-14/h5-8,12-13,15,17-19H,3-4,9-11H2,1-2H3,(H,21,22). The fraction of sp³-hybridized carbons (Fsp3) is 0.650. The lowest BCUT2D eigenvalue weighted by atomic mass is 9.84. The van der Waals surface area contributed by atoms with Crippen LogP contribution in [0, 0.1) is 23.7 Å². The van der Waals surface area contributed by atoms with Gasteiger partial charge in [0.1, 0.15) is 5.75 Å². The molecule has 3 saturated carbocycles. The molecule has 0 spiro atoms. The number of hydrogen-bond donors (Lipinski definition) is 1. The van der Waals surface area contributed by atoms with Crippen molar-refractivity contribution in [2.75, 3.05) is 7.11 Å². The smallest absolute Gasteiger partial charge is 0.223 e. The molecular weight excluding hydrogens is 286 g/mol. The molecule has 0 aromatic heterocycles. The van der Waals surface area contributed by atoms with Gasteiger partial charge >= 0.3 is 0 Å². The van der Waals surface area contributed by atoms with Crippen LogP contribution in [0.1, 0.15) is 50.5 Å². The zero-order valence-corrected chi connectivity index (χ0v) is 14.1. The van der Waals surface area contributed by atoms with Gasteiger partial charge in [0.25, 0.3) is 0 Å². The van der Waals surface area contributed by atoms with Crippen molar-refractivity contribution in [3.8, 4) is 5.75 Å². The Bertz CT molecular complexity index is 582. The van der Waals surface area contributed by atoms with E-state index in [0.717, 1.165) is 29.9 Å². The SMILES string of the molecule is COc1ccc(C2CC2C(=O)NC(C)C2CC3CCC2C3)cc1. The monoisotopic (exact) mass is 313 g/mol. The van der Waals surface area contributed by atoms with Crippen molar-refractivity contribution in [2.45, 2.75) is 51.0 Å². The molecule has 23 heavy (non-hydrogen) atoms. The summed E-state index contributed by atoms with van der Waals surface area (Å²) < 4.78 is 5.20. The largest absolute Gasteiger partial charge is 0.497 e. The van der Waals surface area contributed by atoms with E-state index in [2.05, 4.69) is 24.4 Å². The van der Waals surface area contributed by atoms with Crippen LogP contribution in [0.15, 0.2) is 24.3 Å². The van der Waals surface area contributed by atoms with Crippen molar-refractivity contribution >= 4 is 5.91 Å². The molecule has 6 atom stereocenters. The molecule has 2 bridgehead atoms. The Labute approximate surface area is 138 Å². The highest BCUT2D eigenvalue weighted by atomic mass is 16.5. The van der Waals surface area contributed by atoms with Crippen LogP contribution in [0.3, 0.4) is 0 Å². The normalized spacial score (nSPS) is 35.8. The summed E-state index contributed by atoms with van der Waals surface area (Å²) in [5.74, 6) is 4.24. The molecule has 1 amide bonds. The Kier molecular flexibility index (Phi) is 3.82. The molecule has 124 valence electrons. The predicted molar refractivity (Wildman–Crippen MR) is 90.4 cm³/mol. The Morgan fingerprint density at radius 1 is 1.17 bits per heavy atom. The van der Waals surface area contributed by atoms with E-state index >= 15 is 0 Å². The lowest BCUT2D eigenvalue weighted by Gasteiger charge is -2.28. The van der Waals surface area contributed by atoms with E-state index in [4.69, 9.17) is 4.74 Å². The van der Waals surface area contributed by atoms with Crippen molar-refractivity contribution in [2.24, 2.45) is 23.7 Å². The number of rotatable bonds is 5.